The summed E-state index contributed by atoms with van der Waals surface area (Å²) in [6.45, 7) is 4.72. The average Bonchev–Trinajstić information content (AvgIpc) is 3.29. The molecule has 25 heavy (non-hydrogen) atoms. The van der Waals surface area contributed by atoms with Gasteiger partial charge in [0.25, 0.3) is 0 Å². The van der Waals surface area contributed by atoms with Crippen molar-refractivity contribution in [2.24, 2.45) is 0 Å². The Morgan fingerprint density at radius 1 is 1.20 bits per heavy atom. The van der Waals surface area contributed by atoms with Crippen LogP contribution in [0.15, 0.2) is 48.0 Å². The Morgan fingerprint density at radius 3 is 2.64 bits per heavy atom. The highest BCUT2D eigenvalue weighted by Crippen LogP contribution is 2.34. The lowest BCUT2D eigenvalue weighted by Crippen LogP contribution is -2.42. The van der Waals surface area contributed by atoms with E-state index in [1.807, 2.05) is 6.20 Å². The molecule has 1 aliphatic rings. The van der Waals surface area contributed by atoms with Crippen molar-refractivity contribution in [3.63, 3.8) is 0 Å². The Balaban J connectivity index is 1.43. The monoisotopic (exact) mass is 353 g/mol. The second-order valence-electron chi connectivity index (χ2n) is 6.92. The molecule has 5 heteroatoms. The smallest absolute Gasteiger partial charge is 0.0920 e. The number of piperidine rings is 1. The number of aryl methyl sites for hydroxylation is 1. The summed E-state index contributed by atoms with van der Waals surface area (Å²) in [5.41, 5.74) is 3.92. The predicted octanol–water partition coefficient (Wildman–Crippen LogP) is 3.93. The minimum atomic E-state index is -0.697. The van der Waals surface area contributed by atoms with E-state index in [2.05, 4.69) is 63.8 Å². The molecule has 1 saturated heterocycles. The lowest BCUT2D eigenvalue weighted by atomic mass is 9.84. The highest BCUT2D eigenvalue weighted by atomic mass is 32.1. The number of hydrogen-bond donors (Lipinski definition) is 2. The fourth-order valence-corrected chi connectivity index (χ4v) is 4.30. The van der Waals surface area contributed by atoms with Crippen LogP contribution < -0.4 is 0 Å². The largest absolute Gasteiger partial charge is 0.385 e. The number of rotatable bonds is 4. The molecule has 0 spiro atoms. The van der Waals surface area contributed by atoms with Crippen LogP contribution in [0.5, 0.6) is 0 Å². The fraction of sp³-hybridized carbons (Fsp3) is 0.350. The van der Waals surface area contributed by atoms with Crippen LogP contribution in [-0.4, -0.2) is 33.3 Å². The average molecular weight is 353 g/mol. The summed E-state index contributed by atoms with van der Waals surface area (Å²) in [5.74, 6) is 0. The van der Waals surface area contributed by atoms with Crippen molar-refractivity contribution in [1.82, 2.24) is 15.1 Å². The number of nitrogens with one attached hydrogen (secondary N) is 1. The molecule has 0 aliphatic carbocycles. The van der Waals surface area contributed by atoms with Crippen molar-refractivity contribution in [1.29, 1.82) is 0 Å². The molecule has 0 unspecified atom stereocenters. The Hall–Kier alpha value is -1.95. The van der Waals surface area contributed by atoms with Gasteiger partial charge < -0.3 is 5.11 Å². The first-order valence-electron chi connectivity index (χ1n) is 8.72. The van der Waals surface area contributed by atoms with E-state index in [4.69, 9.17) is 0 Å². The number of aliphatic hydroxyl groups is 1. The van der Waals surface area contributed by atoms with Gasteiger partial charge in [0, 0.05) is 25.2 Å². The first-order valence-corrected chi connectivity index (χ1v) is 9.60. The predicted molar refractivity (Wildman–Crippen MR) is 101 cm³/mol. The molecule has 2 N–H and O–H groups in total. The van der Waals surface area contributed by atoms with Crippen molar-refractivity contribution in [3.8, 4) is 10.6 Å². The summed E-state index contributed by atoms with van der Waals surface area (Å²) in [6.07, 6.45) is 3.46. The molecular weight excluding hydrogens is 330 g/mol. The molecule has 0 radical (unpaired) electrons. The van der Waals surface area contributed by atoms with Gasteiger partial charge in [-0.05, 0) is 36.8 Å². The maximum atomic E-state index is 11.0. The zero-order valence-corrected chi connectivity index (χ0v) is 15.2. The third-order valence-corrected chi connectivity index (χ3v) is 6.04. The van der Waals surface area contributed by atoms with E-state index in [1.54, 1.807) is 11.3 Å². The van der Waals surface area contributed by atoms with Crippen LogP contribution in [0.4, 0.5) is 0 Å². The molecule has 4 rings (SSSR count). The summed E-state index contributed by atoms with van der Waals surface area (Å²) in [5, 5.41) is 20.5. The highest BCUT2D eigenvalue weighted by molar-refractivity contribution is 7.13. The van der Waals surface area contributed by atoms with Crippen LogP contribution in [0.3, 0.4) is 0 Å². The second-order valence-corrected chi connectivity index (χ2v) is 7.87. The van der Waals surface area contributed by atoms with E-state index in [1.165, 1.54) is 16.0 Å². The molecule has 2 aromatic heterocycles. The van der Waals surface area contributed by atoms with Gasteiger partial charge in [0.15, 0.2) is 0 Å². The van der Waals surface area contributed by atoms with Crippen molar-refractivity contribution >= 4 is 11.3 Å². The molecule has 0 bridgehead atoms. The molecule has 0 amide bonds. The van der Waals surface area contributed by atoms with Crippen LogP contribution in [0.2, 0.25) is 0 Å². The Bertz CT molecular complexity index is 815. The van der Waals surface area contributed by atoms with Crippen molar-refractivity contribution in [2.75, 3.05) is 13.1 Å². The molecule has 3 aromatic rings. The van der Waals surface area contributed by atoms with Gasteiger partial charge in [-0.15, -0.1) is 11.3 Å². The second kappa shape index (κ2) is 6.75. The first kappa shape index (κ1) is 16.5. The van der Waals surface area contributed by atoms with Gasteiger partial charge in [0.2, 0.25) is 0 Å². The normalized spacial score (nSPS) is 17.7. The van der Waals surface area contributed by atoms with E-state index in [-0.39, 0.29) is 0 Å². The topological polar surface area (TPSA) is 52.1 Å². The molecule has 1 aliphatic heterocycles. The van der Waals surface area contributed by atoms with Gasteiger partial charge in [-0.1, -0.05) is 35.9 Å². The van der Waals surface area contributed by atoms with E-state index < -0.39 is 5.60 Å². The van der Waals surface area contributed by atoms with E-state index in [0.29, 0.717) is 0 Å². The number of aromatic amines is 1. The molecule has 1 aromatic carbocycles. The maximum Gasteiger partial charge on any atom is 0.0920 e. The van der Waals surface area contributed by atoms with Crippen molar-refractivity contribution in [2.45, 2.75) is 31.9 Å². The number of H-pyrrole nitrogens is 1. The quantitative estimate of drug-likeness (QED) is 0.747. The van der Waals surface area contributed by atoms with Crippen LogP contribution in [0.25, 0.3) is 10.6 Å². The van der Waals surface area contributed by atoms with E-state index in [0.717, 1.165) is 43.7 Å². The summed E-state index contributed by atoms with van der Waals surface area (Å²) < 4.78 is 0. The lowest BCUT2D eigenvalue weighted by Gasteiger charge is -2.38. The van der Waals surface area contributed by atoms with Crippen LogP contribution in [-0.2, 0) is 12.1 Å². The molecule has 3 heterocycles. The highest BCUT2D eigenvalue weighted by Gasteiger charge is 2.34. The number of aromatic nitrogens is 2. The molecule has 130 valence electrons. The fourth-order valence-electron chi connectivity index (χ4n) is 3.54. The summed E-state index contributed by atoms with van der Waals surface area (Å²) in [7, 11) is 0. The Morgan fingerprint density at radius 2 is 1.96 bits per heavy atom. The Kier molecular flexibility index (Phi) is 4.46. The van der Waals surface area contributed by atoms with Gasteiger partial charge in [-0.3, -0.25) is 10.00 Å². The molecular formula is C20H23N3OS. The minimum absolute atomic E-state index is 0.697. The molecule has 0 atom stereocenters. The van der Waals surface area contributed by atoms with E-state index in [9.17, 15) is 5.11 Å². The third-order valence-electron chi connectivity index (χ3n) is 5.15. The molecule has 1 fully saturated rings. The van der Waals surface area contributed by atoms with Gasteiger partial charge in [-0.25, -0.2) is 0 Å². The summed E-state index contributed by atoms with van der Waals surface area (Å²) >= 11 is 1.73. The zero-order valence-electron chi connectivity index (χ0n) is 14.4. The number of benzene rings is 1. The van der Waals surface area contributed by atoms with Gasteiger partial charge in [0.1, 0.15) is 0 Å². The van der Waals surface area contributed by atoms with Gasteiger partial charge in [0.05, 0.1) is 22.4 Å². The van der Waals surface area contributed by atoms with Crippen molar-refractivity contribution < 1.29 is 5.11 Å². The maximum absolute atomic E-state index is 11.0. The van der Waals surface area contributed by atoms with E-state index >= 15 is 0 Å². The van der Waals surface area contributed by atoms with Crippen LogP contribution in [0, 0.1) is 6.92 Å². The SMILES string of the molecule is Cc1ccc(C2(O)CCN(Cc3cn[nH]c3-c3cccs3)CC2)cc1. The third kappa shape index (κ3) is 3.40. The molecule has 4 nitrogen and oxygen atoms in total. The summed E-state index contributed by atoms with van der Waals surface area (Å²) in [4.78, 5) is 3.63. The van der Waals surface area contributed by atoms with Gasteiger partial charge in [-0.2, -0.15) is 5.10 Å². The Labute approximate surface area is 152 Å². The van der Waals surface area contributed by atoms with Gasteiger partial charge >= 0.3 is 0 Å². The van der Waals surface area contributed by atoms with Crippen LogP contribution in [0.1, 0.15) is 29.5 Å². The number of thiophene rings is 1. The first-order chi connectivity index (χ1) is 12.1. The summed E-state index contributed by atoms with van der Waals surface area (Å²) in [6, 6.07) is 12.5. The van der Waals surface area contributed by atoms with Crippen molar-refractivity contribution in [3.05, 3.63) is 64.7 Å². The zero-order chi connectivity index (χ0) is 17.3. The van der Waals surface area contributed by atoms with Crippen LogP contribution >= 0.6 is 11.3 Å². The number of hydrogen-bond acceptors (Lipinski definition) is 4. The standard InChI is InChI=1S/C20H23N3OS/c1-15-4-6-17(7-5-15)20(24)8-10-23(11-9-20)14-16-13-21-22-19(16)18-3-2-12-25-18/h2-7,12-13,24H,8-11,14H2,1H3,(H,21,22). The lowest BCUT2D eigenvalue weighted by molar-refractivity contribution is -0.0277. The molecule has 0 saturated carbocycles. The number of likely N-dealkylation sites (tertiary alicyclic amines) is 1. The number of nitrogens with zero attached hydrogens (tertiary/aromatic N) is 2. The minimum Gasteiger partial charge on any atom is -0.385 e.